The molecule has 15 heavy (non-hydrogen) atoms. The van der Waals surface area contributed by atoms with Gasteiger partial charge in [0.15, 0.2) is 0 Å². The maximum Gasteiger partial charge on any atom is 0.131 e. The smallest absolute Gasteiger partial charge is 0.131 e. The lowest BCUT2D eigenvalue weighted by Gasteiger charge is -2.06. The molecule has 84 valence electrons. The summed E-state index contributed by atoms with van der Waals surface area (Å²) in [6.07, 6.45) is 1.11. The highest BCUT2D eigenvalue weighted by Gasteiger charge is 2.02. The van der Waals surface area contributed by atoms with Gasteiger partial charge in [0.05, 0.1) is 7.11 Å². The molecule has 0 aromatic heterocycles. The summed E-state index contributed by atoms with van der Waals surface area (Å²) in [4.78, 5) is 0. The summed E-state index contributed by atoms with van der Waals surface area (Å²) in [5, 5.41) is 3.20. The zero-order valence-corrected chi connectivity index (χ0v) is 10.9. The van der Waals surface area contributed by atoms with Crippen LogP contribution < -0.4 is 10.1 Å². The average molecular weight is 323 g/mol. The van der Waals surface area contributed by atoms with E-state index in [1.807, 2.05) is 0 Å². The molecule has 4 heteroatoms. The fourth-order valence-electron chi connectivity index (χ4n) is 1.21. The van der Waals surface area contributed by atoms with Gasteiger partial charge in [0.25, 0.3) is 0 Å². The Hall–Kier alpha value is -0.360. The molecule has 0 saturated heterocycles. The number of hydrogen-bond donors (Lipinski definition) is 1. The summed E-state index contributed by atoms with van der Waals surface area (Å²) in [5.41, 5.74) is 0.684. The van der Waals surface area contributed by atoms with Gasteiger partial charge < -0.3 is 10.1 Å². The Kier molecular flexibility index (Phi) is 5.93. The van der Waals surface area contributed by atoms with Crippen LogP contribution in [0.3, 0.4) is 0 Å². The normalized spacial score (nSPS) is 10.3. The van der Waals surface area contributed by atoms with E-state index in [2.05, 4.69) is 27.9 Å². The summed E-state index contributed by atoms with van der Waals surface area (Å²) in [7, 11) is 1.53. The van der Waals surface area contributed by atoms with Crippen LogP contribution in [0.25, 0.3) is 0 Å². The Morgan fingerprint density at radius 2 is 2.27 bits per heavy atom. The number of halogens is 2. The maximum absolute atomic E-state index is 13.4. The quantitative estimate of drug-likeness (QED) is 0.494. The highest BCUT2D eigenvalue weighted by Crippen LogP contribution is 2.15. The maximum atomic E-state index is 13.4. The van der Waals surface area contributed by atoms with Gasteiger partial charge in [-0.25, -0.2) is 4.39 Å². The van der Waals surface area contributed by atoms with Gasteiger partial charge in [0.1, 0.15) is 11.6 Å². The zero-order chi connectivity index (χ0) is 11.1. The summed E-state index contributed by atoms with van der Waals surface area (Å²) in [6, 6.07) is 4.94. The van der Waals surface area contributed by atoms with Gasteiger partial charge in [-0.05, 0) is 19.0 Å². The van der Waals surface area contributed by atoms with Gasteiger partial charge in [0, 0.05) is 22.6 Å². The van der Waals surface area contributed by atoms with Crippen LogP contribution in [-0.2, 0) is 6.54 Å². The first-order valence-corrected chi connectivity index (χ1v) is 6.39. The Balaban J connectivity index is 2.47. The molecular formula is C11H15FINO. The molecule has 1 aromatic rings. The lowest BCUT2D eigenvalue weighted by molar-refractivity contribution is 0.410. The van der Waals surface area contributed by atoms with Crippen molar-refractivity contribution < 1.29 is 9.13 Å². The number of hydrogen-bond acceptors (Lipinski definition) is 2. The summed E-state index contributed by atoms with van der Waals surface area (Å²) < 4.78 is 19.5. The molecule has 1 rings (SSSR count). The lowest BCUT2D eigenvalue weighted by atomic mass is 10.2. The van der Waals surface area contributed by atoms with E-state index in [-0.39, 0.29) is 5.82 Å². The Labute approximate surface area is 103 Å². The Bertz CT molecular complexity index is 307. The van der Waals surface area contributed by atoms with Crippen LogP contribution >= 0.6 is 22.6 Å². The van der Waals surface area contributed by atoms with Crippen molar-refractivity contribution in [1.82, 2.24) is 5.32 Å². The topological polar surface area (TPSA) is 21.3 Å². The number of rotatable bonds is 6. The molecule has 2 nitrogen and oxygen atoms in total. The third kappa shape index (κ3) is 4.34. The molecule has 0 spiro atoms. The van der Waals surface area contributed by atoms with E-state index in [0.717, 1.165) is 17.4 Å². The second-order valence-electron chi connectivity index (χ2n) is 3.18. The van der Waals surface area contributed by atoms with Crippen molar-refractivity contribution in [2.24, 2.45) is 0 Å². The minimum atomic E-state index is -0.212. The van der Waals surface area contributed by atoms with Gasteiger partial charge in [-0.1, -0.05) is 28.7 Å². The zero-order valence-electron chi connectivity index (χ0n) is 8.72. The number of ether oxygens (including phenoxy) is 1. The molecule has 0 aliphatic carbocycles. The molecular weight excluding hydrogens is 308 g/mol. The van der Waals surface area contributed by atoms with E-state index in [4.69, 9.17) is 4.74 Å². The van der Waals surface area contributed by atoms with Gasteiger partial charge in [-0.3, -0.25) is 0 Å². The molecule has 0 unspecified atom stereocenters. The minimum absolute atomic E-state index is 0.212. The van der Waals surface area contributed by atoms with Gasteiger partial charge >= 0.3 is 0 Å². The first-order chi connectivity index (χ1) is 7.27. The third-order valence-electron chi connectivity index (χ3n) is 2.06. The second-order valence-corrected chi connectivity index (χ2v) is 4.26. The minimum Gasteiger partial charge on any atom is -0.497 e. The van der Waals surface area contributed by atoms with Crippen LogP contribution in [0.1, 0.15) is 12.0 Å². The molecule has 0 amide bonds. The molecule has 0 atom stereocenters. The predicted octanol–water partition coefficient (Wildman–Crippen LogP) is 2.75. The van der Waals surface area contributed by atoms with Crippen molar-refractivity contribution in [2.45, 2.75) is 13.0 Å². The van der Waals surface area contributed by atoms with E-state index in [9.17, 15) is 4.39 Å². The fourth-order valence-corrected chi connectivity index (χ4v) is 1.59. The monoisotopic (exact) mass is 323 g/mol. The SMILES string of the molecule is COc1ccc(CNCCCI)c(F)c1. The summed E-state index contributed by atoms with van der Waals surface area (Å²) >= 11 is 2.33. The van der Waals surface area contributed by atoms with E-state index in [0.29, 0.717) is 17.9 Å². The van der Waals surface area contributed by atoms with E-state index >= 15 is 0 Å². The highest BCUT2D eigenvalue weighted by molar-refractivity contribution is 14.1. The number of benzene rings is 1. The van der Waals surface area contributed by atoms with Crippen LogP contribution in [0.4, 0.5) is 4.39 Å². The van der Waals surface area contributed by atoms with Gasteiger partial charge in [-0.2, -0.15) is 0 Å². The van der Waals surface area contributed by atoms with Crippen molar-refractivity contribution in [2.75, 3.05) is 18.1 Å². The molecule has 0 radical (unpaired) electrons. The summed E-state index contributed by atoms with van der Waals surface area (Å²) in [5.74, 6) is 0.347. The number of nitrogens with one attached hydrogen (secondary N) is 1. The van der Waals surface area contributed by atoms with Crippen LogP contribution in [0.2, 0.25) is 0 Å². The molecule has 0 aliphatic heterocycles. The summed E-state index contributed by atoms with van der Waals surface area (Å²) in [6.45, 7) is 1.50. The van der Waals surface area contributed by atoms with Crippen molar-refractivity contribution >= 4 is 22.6 Å². The van der Waals surface area contributed by atoms with Crippen molar-refractivity contribution in [3.63, 3.8) is 0 Å². The van der Waals surface area contributed by atoms with E-state index in [1.165, 1.54) is 13.2 Å². The Morgan fingerprint density at radius 3 is 2.87 bits per heavy atom. The molecule has 1 N–H and O–H groups in total. The molecule has 0 bridgehead atoms. The highest BCUT2D eigenvalue weighted by atomic mass is 127. The van der Waals surface area contributed by atoms with Crippen LogP contribution in [0.5, 0.6) is 5.75 Å². The van der Waals surface area contributed by atoms with Crippen molar-refractivity contribution in [1.29, 1.82) is 0 Å². The van der Waals surface area contributed by atoms with Crippen molar-refractivity contribution in [3.05, 3.63) is 29.6 Å². The first-order valence-electron chi connectivity index (χ1n) is 4.87. The lowest BCUT2D eigenvalue weighted by Crippen LogP contribution is -2.15. The number of methoxy groups -OCH3 is 1. The van der Waals surface area contributed by atoms with Crippen LogP contribution in [0.15, 0.2) is 18.2 Å². The molecule has 0 saturated carbocycles. The molecule has 1 aromatic carbocycles. The largest absolute Gasteiger partial charge is 0.497 e. The third-order valence-corrected chi connectivity index (χ3v) is 2.83. The average Bonchev–Trinajstić information content (AvgIpc) is 2.26. The second kappa shape index (κ2) is 7.00. The number of alkyl halides is 1. The fraction of sp³-hybridized carbons (Fsp3) is 0.455. The Morgan fingerprint density at radius 1 is 1.47 bits per heavy atom. The first kappa shape index (κ1) is 12.7. The standard InChI is InChI=1S/C11H15FINO/c1-15-10-4-3-9(11(12)7-10)8-14-6-2-5-13/h3-4,7,14H,2,5-6,8H2,1H3. The molecule has 0 fully saturated rings. The van der Waals surface area contributed by atoms with E-state index in [1.54, 1.807) is 12.1 Å². The van der Waals surface area contributed by atoms with Gasteiger partial charge in [0.2, 0.25) is 0 Å². The van der Waals surface area contributed by atoms with Gasteiger partial charge in [-0.15, -0.1) is 0 Å². The van der Waals surface area contributed by atoms with Crippen LogP contribution in [-0.4, -0.2) is 18.1 Å². The molecule has 0 heterocycles. The van der Waals surface area contributed by atoms with Crippen LogP contribution in [0, 0.1) is 5.82 Å². The molecule has 0 aliphatic rings. The van der Waals surface area contributed by atoms with E-state index < -0.39 is 0 Å². The predicted molar refractivity (Wildman–Crippen MR) is 68.2 cm³/mol. The van der Waals surface area contributed by atoms with Crippen molar-refractivity contribution in [3.8, 4) is 5.75 Å².